The van der Waals surface area contributed by atoms with E-state index >= 15 is 0 Å². The largest absolute Gasteiger partial charge is 0.418 e. The second-order valence-corrected chi connectivity index (χ2v) is 6.32. The van der Waals surface area contributed by atoms with Crippen LogP contribution in [-0.2, 0) is 23.8 Å². The molecule has 0 aliphatic rings. The molecule has 3 aromatic rings. The van der Waals surface area contributed by atoms with Gasteiger partial charge in [-0.15, -0.1) is 0 Å². The summed E-state index contributed by atoms with van der Waals surface area (Å²) in [5.41, 5.74) is 1.12. The Morgan fingerprint density at radius 2 is 1.82 bits per heavy atom. The van der Waals surface area contributed by atoms with E-state index in [1.165, 1.54) is 6.07 Å². The predicted molar refractivity (Wildman–Crippen MR) is 99.5 cm³/mol. The number of para-hydroxylation sites is 1. The van der Waals surface area contributed by atoms with Crippen LogP contribution in [0.3, 0.4) is 0 Å². The van der Waals surface area contributed by atoms with Gasteiger partial charge in [0.1, 0.15) is 5.82 Å². The topological polar surface area (TPSA) is 64.0 Å². The molecule has 0 fully saturated rings. The third-order valence-corrected chi connectivity index (χ3v) is 4.19. The number of benzene rings is 2. The number of nitrogens with zero attached hydrogens (tertiary/aromatic N) is 2. The molecule has 2 aromatic carbocycles. The number of amides is 1. The summed E-state index contributed by atoms with van der Waals surface area (Å²) < 4.78 is 40.9. The van der Waals surface area contributed by atoms with E-state index in [1.807, 2.05) is 13.0 Å². The van der Waals surface area contributed by atoms with Crippen LogP contribution in [0.4, 0.5) is 13.2 Å². The summed E-state index contributed by atoms with van der Waals surface area (Å²) in [5.74, 6) is -0.378. The number of halogens is 3. The molecule has 146 valence electrons. The summed E-state index contributed by atoms with van der Waals surface area (Å²) in [7, 11) is 0. The molecule has 0 radical (unpaired) electrons. The highest BCUT2D eigenvalue weighted by molar-refractivity contribution is 5.87. The van der Waals surface area contributed by atoms with Crippen LogP contribution in [0, 0.1) is 0 Å². The molecule has 0 aliphatic carbocycles. The SMILES string of the molecule is CCCc1nc2c(C(F)(F)F)cccc2c(=O)n1NC(=O)Cc1ccccc1. The Morgan fingerprint density at radius 1 is 1.11 bits per heavy atom. The molecular formula is C20H18F3N3O2. The van der Waals surface area contributed by atoms with Crippen molar-refractivity contribution in [3.05, 3.63) is 75.8 Å². The first kappa shape index (κ1) is 19.6. The smallest absolute Gasteiger partial charge is 0.273 e. The lowest BCUT2D eigenvalue weighted by Crippen LogP contribution is -2.37. The summed E-state index contributed by atoms with van der Waals surface area (Å²) in [6.07, 6.45) is -3.83. The van der Waals surface area contributed by atoms with Gasteiger partial charge in [0.05, 0.1) is 22.9 Å². The maximum Gasteiger partial charge on any atom is 0.418 e. The molecule has 0 atom stereocenters. The van der Waals surface area contributed by atoms with Gasteiger partial charge >= 0.3 is 6.18 Å². The summed E-state index contributed by atoms with van der Waals surface area (Å²) in [6.45, 7) is 1.81. The fraction of sp³-hybridized carbons (Fsp3) is 0.250. The number of alkyl halides is 3. The number of aromatic nitrogens is 2. The van der Waals surface area contributed by atoms with Gasteiger partial charge in [-0.1, -0.05) is 43.3 Å². The zero-order valence-corrected chi connectivity index (χ0v) is 15.1. The molecular weight excluding hydrogens is 371 g/mol. The minimum absolute atomic E-state index is 0.0273. The van der Waals surface area contributed by atoms with Crippen LogP contribution in [0.25, 0.3) is 10.9 Å². The highest BCUT2D eigenvalue weighted by Gasteiger charge is 2.34. The van der Waals surface area contributed by atoms with Crippen molar-refractivity contribution in [1.82, 2.24) is 9.66 Å². The van der Waals surface area contributed by atoms with Crippen LogP contribution in [0.15, 0.2) is 53.3 Å². The molecule has 3 rings (SSSR count). The maximum absolute atomic E-state index is 13.3. The first-order chi connectivity index (χ1) is 13.3. The molecule has 0 bridgehead atoms. The first-order valence-electron chi connectivity index (χ1n) is 8.77. The second-order valence-electron chi connectivity index (χ2n) is 6.32. The Kier molecular flexibility index (Phi) is 5.48. The fourth-order valence-corrected chi connectivity index (χ4v) is 2.93. The number of fused-ring (bicyclic) bond motifs is 1. The summed E-state index contributed by atoms with van der Waals surface area (Å²) in [6, 6.07) is 12.2. The molecule has 8 heteroatoms. The number of hydrogen-bond donors (Lipinski definition) is 1. The molecule has 1 N–H and O–H groups in total. The number of carbonyl (C=O) groups excluding carboxylic acids is 1. The molecule has 0 spiro atoms. The monoisotopic (exact) mass is 389 g/mol. The maximum atomic E-state index is 13.3. The van der Waals surface area contributed by atoms with Crippen LogP contribution in [0.5, 0.6) is 0 Å². The summed E-state index contributed by atoms with van der Waals surface area (Å²) in [5, 5.41) is -0.199. The molecule has 1 heterocycles. The Morgan fingerprint density at radius 3 is 2.46 bits per heavy atom. The van der Waals surface area contributed by atoms with Crippen LogP contribution < -0.4 is 11.0 Å². The fourth-order valence-electron chi connectivity index (χ4n) is 2.93. The van der Waals surface area contributed by atoms with E-state index in [4.69, 9.17) is 0 Å². The number of rotatable bonds is 5. The van der Waals surface area contributed by atoms with Crippen LogP contribution in [-0.4, -0.2) is 15.6 Å². The average molecular weight is 389 g/mol. The van der Waals surface area contributed by atoms with Gasteiger partial charge in [-0.05, 0) is 24.1 Å². The summed E-state index contributed by atoms with van der Waals surface area (Å²) in [4.78, 5) is 29.3. The molecule has 5 nitrogen and oxygen atoms in total. The average Bonchev–Trinajstić information content (AvgIpc) is 2.64. The molecule has 0 saturated carbocycles. The summed E-state index contributed by atoms with van der Waals surface area (Å²) >= 11 is 0. The lowest BCUT2D eigenvalue weighted by Gasteiger charge is -2.16. The lowest BCUT2D eigenvalue weighted by molar-refractivity contribution is -0.136. The predicted octanol–water partition coefficient (Wildman–Crippen LogP) is 3.68. The Labute approximate surface area is 158 Å². The molecule has 28 heavy (non-hydrogen) atoms. The van der Waals surface area contributed by atoms with Gasteiger partial charge in [-0.2, -0.15) is 13.2 Å². The Hall–Kier alpha value is -3.16. The van der Waals surface area contributed by atoms with Crippen molar-refractivity contribution in [2.75, 3.05) is 5.43 Å². The molecule has 1 amide bonds. The van der Waals surface area contributed by atoms with Gasteiger partial charge in [0.25, 0.3) is 5.56 Å². The minimum Gasteiger partial charge on any atom is -0.273 e. The molecule has 0 unspecified atom stereocenters. The standard InChI is InChI=1S/C20H18F3N3O2/c1-2-7-16-24-18-14(10-6-11-15(18)20(21,22)23)19(28)26(16)25-17(27)12-13-8-4-3-5-9-13/h3-6,8-11H,2,7,12H2,1H3,(H,25,27). The first-order valence-corrected chi connectivity index (χ1v) is 8.77. The number of hydrogen-bond acceptors (Lipinski definition) is 3. The second kappa shape index (κ2) is 7.84. The van der Waals surface area contributed by atoms with E-state index in [0.29, 0.717) is 6.42 Å². The van der Waals surface area contributed by atoms with E-state index in [-0.39, 0.29) is 24.1 Å². The molecule has 0 aliphatic heterocycles. The van der Waals surface area contributed by atoms with Crippen molar-refractivity contribution in [3.63, 3.8) is 0 Å². The highest BCUT2D eigenvalue weighted by Crippen LogP contribution is 2.33. The number of aryl methyl sites for hydroxylation is 1. The zero-order chi connectivity index (χ0) is 20.3. The van der Waals surface area contributed by atoms with Crippen LogP contribution >= 0.6 is 0 Å². The normalized spacial score (nSPS) is 11.6. The van der Waals surface area contributed by atoms with Crippen molar-refractivity contribution < 1.29 is 18.0 Å². The molecule has 1 aromatic heterocycles. The van der Waals surface area contributed by atoms with Crippen molar-refractivity contribution in [2.45, 2.75) is 32.4 Å². The third-order valence-electron chi connectivity index (χ3n) is 4.19. The Bertz CT molecular complexity index is 1060. The Balaban J connectivity index is 2.06. The van der Waals surface area contributed by atoms with Gasteiger partial charge < -0.3 is 0 Å². The van der Waals surface area contributed by atoms with E-state index in [0.717, 1.165) is 22.4 Å². The van der Waals surface area contributed by atoms with Gasteiger partial charge in [0, 0.05) is 6.42 Å². The quantitative estimate of drug-likeness (QED) is 0.724. The van der Waals surface area contributed by atoms with E-state index in [9.17, 15) is 22.8 Å². The van der Waals surface area contributed by atoms with Gasteiger partial charge in [0.2, 0.25) is 5.91 Å². The van der Waals surface area contributed by atoms with Gasteiger partial charge in [-0.25, -0.2) is 9.66 Å². The van der Waals surface area contributed by atoms with Gasteiger partial charge in [-0.3, -0.25) is 15.0 Å². The van der Waals surface area contributed by atoms with Crippen LogP contribution in [0.2, 0.25) is 0 Å². The van der Waals surface area contributed by atoms with E-state index in [2.05, 4.69) is 10.4 Å². The number of carbonyl (C=O) groups is 1. The molecule has 0 saturated heterocycles. The van der Waals surface area contributed by atoms with Crippen molar-refractivity contribution in [3.8, 4) is 0 Å². The van der Waals surface area contributed by atoms with Crippen molar-refractivity contribution >= 4 is 16.8 Å². The minimum atomic E-state index is -4.63. The van der Waals surface area contributed by atoms with E-state index in [1.54, 1.807) is 24.3 Å². The van der Waals surface area contributed by atoms with Gasteiger partial charge in [0.15, 0.2) is 0 Å². The zero-order valence-electron chi connectivity index (χ0n) is 15.1. The van der Waals surface area contributed by atoms with Crippen molar-refractivity contribution in [1.29, 1.82) is 0 Å². The third kappa shape index (κ3) is 4.05. The highest BCUT2D eigenvalue weighted by atomic mass is 19.4. The van der Waals surface area contributed by atoms with Crippen LogP contribution in [0.1, 0.15) is 30.3 Å². The van der Waals surface area contributed by atoms with E-state index < -0.39 is 28.7 Å². The number of nitrogens with one attached hydrogen (secondary N) is 1. The van der Waals surface area contributed by atoms with Crippen molar-refractivity contribution in [2.24, 2.45) is 0 Å². The lowest BCUT2D eigenvalue weighted by atomic mass is 10.1.